The topological polar surface area (TPSA) is 75.6 Å². The quantitative estimate of drug-likeness (QED) is 0.722. The minimum atomic E-state index is -0.131. The number of ether oxygens (including phenoxy) is 1. The van der Waals surface area contributed by atoms with E-state index < -0.39 is 0 Å². The third-order valence-electron chi connectivity index (χ3n) is 5.77. The maximum atomic E-state index is 13.4. The van der Waals surface area contributed by atoms with Crippen molar-refractivity contribution in [1.82, 2.24) is 19.8 Å². The maximum Gasteiger partial charge on any atom is 0.274 e. The van der Waals surface area contributed by atoms with Crippen LogP contribution in [0.25, 0.3) is 0 Å². The summed E-state index contributed by atoms with van der Waals surface area (Å²) >= 11 is 0. The lowest BCUT2D eigenvalue weighted by Crippen LogP contribution is -2.45. The van der Waals surface area contributed by atoms with Crippen molar-refractivity contribution in [3.63, 3.8) is 0 Å². The van der Waals surface area contributed by atoms with Gasteiger partial charge in [-0.1, -0.05) is 38.8 Å². The van der Waals surface area contributed by atoms with Crippen LogP contribution < -0.4 is 4.74 Å². The molecule has 2 heterocycles. The number of nitrogens with zero attached hydrogens (tertiary/aromatic N) is 4. The van der Waals surface area contributed by atoms with Crippen LogP contribution in [0.1, 0.15) is 66.8 Å². The molecule has 0 saturated carbocycles. The van der Waals surface area contributed by atoms with Crippen molar-refractivity contribution in [2.45, 2.75) is 52.0 Å². The highest BCUT2D eigenvalue weighted by Gasteiger charge is 2.28. The van der Waals surface area contributed by atoms with E-state index in [2.05, 4.69) is 23.8 Å². The Morgan fingerprint density at radius 3 is 2.59 bits per heavy atom. The molecule has 0 spiro atoms. The van der Waals surface area contributed by atoms with Crippen molar-refractivity contribution in [2.75, 3.05) is 26.7 Å². The second-order valence-corrected chi connectivity index (χ2v) is 8.82. The molecule has 0 fully saturated rings. The second kappa shape index (κ2) is 11.6. The molecule has 0 radical (unpaired) electrons. The Morgan fingerprint density at radius 2 is 1.88 bits per heavy atom. The number of para-hydroxylation sites is 1. The number of benzene rings is 1. The molecule has 1 aliphatic rings. The predicted octanol–water partition coefficient (Wildman–Crippen LogP) is 4.06. The first kappa shape index (κ1) is 23.7. The molecular weight excluding hydrogens is 404 g/mol. The maximum absolute atomic E-state index is 13.4. The highest BCUT2D eigenvalue weighted by molar-refractivity contribution is 5.96. The van der Waals surface area contributed by atoms with E-state index in [1.54, 1.807) is 23.4 Å². The fourth-order valence-electron chi connectivity index (χ4n) is 4.08. The summed E-state index contributed by atoms with van der Waals surface area (Å²) in [4.78, 5) is 38.3. The molecule has 7 heteroatoms. The minimum Gasteiger partial charge on any atom is -0.491 e. The van der Waals surface area contributed by atoms with Crippen LogP contribution in [-0.4, -0.2) is 64.4 Å². The van der Waals surface area contributed by atoms with Crippen molar-refractivity contribution in [1.29, 1.82) is 0 Å². The second-order valence-electron chi connectivity index (χ2n) is 8.82. The summed E-state index contributed by atoms with van der Waals surface area (Å²) in [5, 5.41) is 0. The monoisotopic (exact) mass is 438 g/mol. The Balaban J connectivity index is 1.91. The highest BCUT2D eigenvalue weighted by atomic mass is 16.5. The van der Waals surface area contributed by atoms with E-state index in [0.29, 0.717) is 42.6 Å². The van der Waals surface area contributed by atoms with Crippen LogP contribution in [0.4, 0.5) is 0 Å². The summed E-state index contributed by atoms with van der Waals surface area (Å²) in [6.45, 7) is 5.95. The summed E-state index contributed by atoms with van der Waals surface area (Å²) in [5.41, 5.74) is 0.904. The number of aromatic nitrogens is 2. The molecule has 1 aliphatic heterocycles. The first-order valence-electron chi connectivity index (χ1n) is 11.5. The van der Waals surface area contributed by atoms with E-state index >= 15 is 0 Å². The van der Waals surface area contributed by atoms with Crippen molar-refractivity contribution in [3.8, 4) is 5.75 Å². The number of carbonyl (C=O) groups excluding carboxylic acids is 2. The number of fused-ring (bicyclic) bond motifs is 1. The lowest BCUT2D eigenvalue weighted by Gasteiger charge is -2.33. The number of amides is 2. The van der Waals surface area contributed by atoms with Gasteiger partial charge in [0, 0.05) is 32.5 Å². The lowest BCUT2D eigenvalue weighted by atomic mass is 10.0. The van der Waals surface area contributed by atoms with E-state index in [1.807, 2.05) is 30.1 Å². The van der Waals surface area contributed by atoms with Gasteiger partial charge in [-0.15, -0.1) is 0 Å². The van der Waals surface area contributed by atoms with Gasteiger partial charge in [0.05, 0.1) is 17.8 Å². The highest BCUT2D eigenvalue weighted by Crippen LogP contribution is 2.23. The Morgan fingerprint density at radius 1 is 1.12 bits per heavy atom. The predicted molar refractivity (Wildman–Crippen MR) is 124 cm³/mol. The third kappa shape index (κ3) is 6.28. The summed E-state index contributed by atoms with van der Waals surface area (Å²) in [7, 11) is 1.84. The number of hydrogen-bond donors (Lipinski definition) is 0. The van der Waals surface area contributed by atoms with Gasteiger partial charge in [0.15, 0.2) is 0 Å². The van der Waals surface area contributed by atoms with Crippen molar-refractivity contribution < 1.29 is 14.3 Å². The van der Waals surface area contributed by atoms with Gasteiger partial charge in [-0.3, -0.25) is 14.6 Å². The van der Waals surface area contributed by atoms with Crippen LogP contribution in [0.2, 0.25) is 0 Å². The normalized spacial score (nSPS) is 18.6. The third-order valence-corrected chi connectivity index (χ3v) is 5.77. The SMILES string of the molecule is CC(C)C[C@H]1COc2ccccc2C(=O)N(C)CCCCCCN1C(=O)c1cnccn1. The van der Waals surface area contributed by atoms with Crippen LogP contribution in [0.5, 0.6) is 5.75 Å². The Bertz CT molecular complexity index is 888. The van der Waals surface area contributed by atoms with Gasteiger partial charge >= 0.3 is 0 Å². The molecule has 3 rings (SSSR count). The average molecular weight is 439 g/mol. The molecular formula is C25H34N4O3. The lowest BCUT2D eigenvalue weighted by molar-refractivity contribution is 0.0561. The van der Waals surface area contributed by atoms with Crippen LogP contribution in [0.3, 0.4) is 0 Å². The molecule has 172 valence electrons. The zero-order chi connectivity index (χ0) is 22.9. The van der Waals surface area contributed by atoms with Crippen LogP contribution >= 0.6 is 0 Å². The Labute approximate surface area is 190 Å². The van der Waals surface area contributed by atoms with Gasteiger partial charge in [0.25, 0.3) is 11.8 Å². The summed E-state index contributed by atoms with van der Waals surface area (Å²) in [6.07, 6.45) is 9.26. The molecule has 2 aromatic rings. The van der Waals surface area contributed by atoms with Gasteiger partial charge in [0.1, 0.15) is 18.1 Å². The fraction of sp³-hybridized carbons (Fsp3) is 0.520. The smallest absolute Gasteiger partial charge is 0.274 e. The number of rotatable bonds is 3. The standard InChI is InChI=1S/C25H34N4O3/c1-19(2)16-20-18-32-23-11-7-6-10-21(23)24(30)28(3)14-8-4-5-9-15-29(20)25(31)22-17-26-12-13-27-22/h6-7,10-13,17,19-20H,4-5,8-9,14-16,18H2,1-3H3/t20-/m0/s1. The molecule has 1 atom stereocenters. The molecule has 7 nitrogen and oxygen atoms in total. The first-order valence-corrected chi connectivity index (χ1v) is 11.5. The molecule has 32 heavy (non-hydrogen) atoms. The fourth-order valence-corrected chi connectivity index (χ4v) is 4.08. The van der Waals surface area contributed by atoms with Crippen molar-refractivity contribution in [3.05, 3.63) is 54.1 Å². The Hall–Kier alpha value is -2.96. The summed E-state index contributed by atoms with van der Waals surface area (Å²) in [5.74, 6) is 0.777. The van der Waals surface area contributed by atoms with Crippen LogP contribution in [0.15, 0.2) is 42.9 Å². The van der Waals surface area contributed by atoms with Gasteiger partial charge < -0.3 is 14.5 Å². The number of carbonyl (C=O) groups is 2. The van der Waals surface area contributed by atoms with Crippen LogP contribution in [-0.2, 0) is 0 Å². The molecule has 0 unspecified atom stereocenters. The molecule has 1 aromatic carbocycles. The molecule has 1 aromatic heterocycles. The van der Waals surface area contributed by atoms with Crippen molar-refractivity contribution >= 4 is 11.8 Å². The molecule has 2 amide bonds. The van der Waals surface area contributed by atoms with Gasteiger partial charge in [0.2, 0.25) is 0 Å². The van der Waals surface area contributed by atoms with Gasteiger partial charge in [-0.05, 0) is 37.3 Å². The van der Waals surface area contributed by atoms with Crippen molar-refractivity contribution in [2.24, 2.45) is 5.92 Å². The molecule has 0 bridgehead atoms. The van der Waals surface area contributed by atoms with E-state index in [1.165, 1.54) is 6.20 Å². The molecule has 0 aliphatic carbocycles. The zero-order valence-electron chi connectivity index (χ0n) is 19.4. The minimum absolute atomic E-state index is 0.0365. The van der Waals surface area contributed by atoms with E-state index in [0.717, 1.165) is 32.1 Å². The Kier molecular flexibility index (Phi) is 8.59. The molecule has 0 N–H and O–H groups in total. The summed E-state index contributed by atoms with van der Waals surface area (Å²) in [6, 6.07) is 7.23. The molecule has 0 saturated heterocycles. The number of hydrogen-bond acceptors (Lipinski definition) is 5. The average Bonchev–Trinajstić information content (AvgIpc) is 2.80. The van der Waals surface area contributed by atoms with E-state index in [-0.39, 0.29) is 17.9 Å². The van der Waals surface area contributed by atoms with E-state index in [9.17, 15) is 9.59 Å². The van der Waals surface area contributed by atoms with Gasteiger partial charge in [-0.25, -0.2) is 4.98 Å². The summed E-state index contributed by atoms with van der Waals surface area (Å²) < 4.78 is 6.20. The van der Waals surface area contributed by atoms with Gasteiger partial charge in [-0.2, -0.15) is 0 Å². The van der Waals surface area contributed by atoms with Crippen LogP contribution in [0, 0.1) is 5.92 Å². The van der Waals surface area contributed by atoms with E-state index in [4.69, 9.17) is 4.74 Å². The first-order chi connectivity index (χ1) is 15.5. The largest absolute Gasteiger partial charge is 0.491 e. The zero-order valence-corrected chi connectivity index (χ0v) is 19.4.